The van der Waals surface area contributed by atoms with Crippen molar-refractivity contribution in [2.75, 3.05) is 16.0 Å². The van der Waals surface area contributed by atoms with E-state index in [1.165, 1.54) is 11.3 Å². The van der Waals surface area contributed by atoms with Gasteiger partial charge < -0.3 is 10.6 Å². The highest BCUT2D eigenvalue weighted by Gasteiger charge is 2.12. The van der Waals surface area contributed by atoms with Crippen LogP contribution in [0, 0.1) is 0 Å². The number of carbonyl (C=O) groups is 2. The van der Waals surface area contributed by atoms with E-state index in [1.807, 2.05) is 30.3 Å². The topological polar surface area (TPSA) is 101 Å². The van der Waals surface area contributed by atoms with E-state index in [9.17, 15) is 9.59 Å². The van der Waals surface area contributed by atoms with Crippen molar-refractivity contribution < 1.29 is 9.59 Å². The van der Waals surface area contributed by atoms with E-state index in [0.29, 0.717) is 27.9 Å². The first-order valence-electron chi connectivity index (χ1n) is 9.12. The zero-order chi connectivity index (χ0) is 20.8. The number of pyridine rings is 1. The lowest BCUT2D eigenvalue weighted by Gasteiger charge is -2.05. The summed E-state index contributed by atoms with van der Waals surface area (Å²) in [5.41, 5.74) is 1.75. The maximum Gasteiger partial charge on any atom is 0.324 e. The van der Waals surface area contributed by atoms with Gasteiger partial charge in [0.1, 0.15) is 0 Å². The van der Waals surface area contributed by atoms with Gasteiger partial charge in [0.2, 0.25) is 0 Å². The third-order valence-corrected chi connectivity index (χ3v) is 5.07. The Balaban J connectivity index is 1.32. The summed E-state index contributed by atoms with van der Waals surface area (Å²) >= 11 is 1.18. The SMILES string of the molecule is O=C(Nc1ccccc1)Nc1ccc(C(=O)Nc2ccn(Cc3ccncc3)n2)s1. The molecule has 4 aromatic rings. The molecule has 8 nitrogen and oxygen atoms in total. The maximum atomic E-state index is 12.5. The summed E-state index contributed by atoms with van der Waals surface area (Å²) in [6.07, 6.45) is 5.25. The summed E-state index contributed by atoms with van der Waals surface area (Å²) in [5, 5.41) is 13.2. The van der Waals surface area contributed by atoms with Crippen LogP contribution < -0.4 is 16.0 Å². The van der Waals surface area contributed by atoms with Crippen LogP contribution in [0.15, 0.2) is 79.3 Å². The molecule has 0 aliphatic heterocycles. The number of carbonyl (C=O) groups excluding carboxylic acids is 2. The number of hydrogen-bond acceptors (Lipinski definition) is 5. The second-order valence-corrected chi connectivity index (χ2v) is 7.40. The molecule has 3 amide bonds. The normalized spacial score (nSPS) is 10.4. The summed E-state index contributed by atoms with van der Waals surface area (Å²) < 4.78 is 1.74. The molecule has 150 valence electrons. The van der Waals surface area contributed by atoms with Crippen molar-refractivity contribution in [2.45, 2.75) is 6.54 Å². The van der Waals surface area contributed by atoms with Crippen LogP contribution in [0.4, 0.5) is 21.3 Å². The van der Waals surface area contributed by atoms with Gasteiger partial charge in [-0.25, -0.2) is 4.79 Å². The minimum Gasteiger partial charge on any atom is -0.308 e. The highest BCUT2D eigenvalue weighted by Crippen LogP contribution is 2.23. The van der Waals surface area contributed by atoms with E-state index in [-0.39, 0.29) is 11.9 Å². The third-order valence-electron chi connectivity index (χ3n) is 4.07. The van der Waals surface area contributed by atoms with Gasteiger partial charge in [0.15, 0.2) is 5.82 Å². The lowest BCUT2D eigenvalue weighted by atomic mass is 10.3. The largest absolute Gasteiger partial charge is 0.324 e. The molecule has 0 aliphatic carbocycles. The molecule has 3 aromatic heterocycles. The fraction of sp³-hybridized carbons (Fsp3) is 0.0476. The Bertz CT molecular complexity index is 1140. The van der Waals surface area contributed by atoms with Gasteiger partial charge in [0.05, 0.1) is 16.4 Å². The van der Waals surface area contributed by atoms with Crippen LogP contribution in [0.2, 0.25) is 0 Å². The molecule has 0 bridgehead atoms. The van der Waals surface area contributed by atoms with Crippen molar-refractivity contribution in [1.82, 2.24) is 14.8 Å². The first-order valence-corrected chi connectivity index (χ1v) is 9.94. The molecule has 3 N–H and O–H groups in total. The van der Waals surface area contributed by atoms with Gasteiger partial charge >= 0.3 is 6.03 Å². The van der Waals surface area contributed by atoms with Crippen molar-refractivity contribution >= 4 is 39.8 Å². The summed E-state index contributed by atoms with van der Waals surface area (Å²) in [4.78, 5) is 29.0. The van der Waals surface area contributed by atoms with Gasteiger partial charge in [-0.15, -0.1) is 11.3 Å². The zero-order valence-electron chi connectivity index (χ0n) is 15.8. The Morgan fingerprint density at radius 2 is 1.70 bits per heavy atom. The van der Waals surface area contributed by atoms with Gasteiger partial charge in [-0.2, -0.15) is 5.10 Å². The number of thiophene rings is 1. The monoisotopic (exact) mass is 418 g/mol. The van der Waals surface area contributed by atoms with Gasteiger partial charge in [0.25, 0.3) is 5.91 Å². The van der Waals surface area contributed by atoms with Crippen molar-refractivity contribution in [3.63, 3.8) is 0 Å². The lowest BCUT2D eigenvalue weighted by Crippen LogP contribution is -2.18. The number of benzene rings is 1. The summed E-state index contributed by atoms with van der Waals surface area (Å²) in [6, 6.07) is 17.7. The Morgan fingerprint density at radius 3 is 2.50 bits per heavy atom. The highest BCUT2D eigenvalue weighted by atomic mass is 32.1. The number of rotatable bonds is 6. The highest BCUT2D eigenvalue weighted by molar-refractivity contribution is 7.18. The molecular weight excluding hydrogens is 400 g/mol. The van der Waals surface area contributed by atoms with E-state index in [4.69, 9.17) is 0 Å². The molecule has 0 fully saturated rings. The lowest BCUT2D eigenvalue weighted by molar-refractivity contribution is 0.103. The number of hydrogen-bond donors (Lipinski definition) is 3. The number of nitrogens with one attached hydrogen (secondary N) is 3. The molecule has 0 unspecified atom stereocenters. The zero-order valence-corrected chi connectivity index (χ0v) is 16.6. The molecule has 1 aromatic carbocycles. The van der Waals surface area contributed by atoms with E-state index >= 15 is 0 Å². The van der Waals surface area contributed by atoms with Crippen molar-refractivity contribution in [2.24, 2.45) is 0 Å². The first-order chi connectivity index (χ1) is 14.7. The Morgan fingerprint density at radius 1 is 0.900 bits per heavy atom. The number of nitrogens with zero attached hydrogens (tertiary/aromatic N) is 3. The second-order valence-electron chi connectivity index (χ2n) is 6.32. The molecule has 0 radical (unpaired) electrons. The van der Waals surface area contributed by atoms with E-state index in [2.05, 4.69) is 26.0 Å². The van der Waals surface area contributed by atoms with Crippen molar-refractivity contribution in [3.8, 4) is 0 Å². The number of amides is 3. The first kappa shape index (κ1) is 19.3. The second kappa shape index (κ2) is 9.01. The summed E-state index contributed by atoms with van der Waals surface area (Å²) in [7, 11) is 0. The average molecular weight is 418 g/mol. The van der Waals surface area contributed by atoms with Gasteiger partial charge in [-0.1, -0.05) is 18.2 Å². The standard InChI is InChI=1S/C21H18N6O2S/c28-20(24-18-10-13-27(26-18)14-15-8-11-22-12-9-15)17-6-7-19(30-17)25-21(29)23-16-4-2-1-3-5-16/h1-13H,14H2,(H2,23,25,29)(H,24,26,28). The minimum absolute atomic E-state index is 0.286. The number of anilines is 3. The summed E-state index contributed by atoms with van der Waals surface area (Å²) in [5.74, 6) is 0.171. The number of aromatic nitrogens is 3. The molecule has 0 spiro atoms. The van der Waals surface area contributed by atoms with Crippen LogP contribution in [-0.2, 0) is 6.54 Å². The molecule has 0 aliphatic rings. The number of para-hydroxylation sites is 1. The number of urea groups is 1. The minimum atomic E-state index is -0.370. The van der Waals surface area contributed by atoms with E-state index in [1.54, 1.807) is 53.6 Å². The predicted molar refractivity (Wildman–Crippen MR) is 117 cm³/mol. The van der Waals surface area contributed by atoms with Gasteiger partial charge in [0, 0.05) is 30.3 Å². The van der Waals surface area contributed by atoms with Crippen LogP contribution in [-0.4, -0.2) is 26.7 Å². The molecule has 30 heavy (non-hydrogen) atoms. The smallest absolute Gasteiger partial charge is 0.308 e. The average Bonchev–Trinajstić information content (AvgIpc) is 3.39. The Hall–Kier alpha value is -3.98. The molecule has 3 heterocycles. The Kier molecular flexibility index (Phi) is 5.81. The molecule has 9 heteroatoms. The molecular formula is C21H18N6O2S. The van der Waals surface area contributed by atoms with Crippen LogP contribution in [0.3, 0.4) is 0 Å². The fourth-order valence-corrected chi connectivity index (χ4v) is 3.49. The van der Waals surface area contributed by atoms with Crippen LogP contribution in [0.5, 0.6) is 0 Å². The molecule has 0 saturated carbocycles. The predicted octanol–water partition coefficient (Wildman–Crippen LogP) is 4.28. The van der Waals surface area contributed by atoms with Gasteiger partial charge in [-0.05, 0) is 42.0 Å². The molecule has 0 atom stereocenters. The van der Waals surface area contributed by atoms with Crippen LogP contribution in [0.25, 0.3) is 0 Å². The van der Waals surface area contributed by atoms with Crippen LogP contribution >= 0.6 is 11.3 Å². The quantitative estimate of drug-likeness (QED) is 0.435. The fourth-order valence-electron chi connectivity index (χ4n) is 2.69. The van der Waals surface area contributed by atoms with Crippen LogP contribution in [0.1, 0.15) is 15.2 Å². The van der Waals surface area contributed by atoms with E-state index in [0.717, 1.165) is 5.56 Å². The van der Waals surface area contributed by atoms with Gasteiger partial charge in [-0.3, -0.25) is 19.8 Å². The third kappa shape index (κ3) is 5.09. The van der Waals surface area contributed by atoms with Crippen molar-refractivity contribution in [1.29, 1.82) is 0 Å². The molecule has 4 rings (SSSR count). The summed E-state index contributed by atoms with van der Waals surface area (Å²) in [6.45, 7) is 0.585. The molecule has 0 saturated heterocycles. The maximum absolute atomic E-state index is 12.5. The van der Waals surface area contributed by atoms with Crippen molar-refractivity contribution in [3.05, 3.63) is 89.7 Å². The Labute approximate surface area is 176 Å². The van der Waals surface area contributed by atoms with E-state index < -0.39 is 0 Å².